The number of fused-ring (bicyclic) bond motifs is 1. The van der Waals surface area contributed by atoms with Crippen LogP contribution in [0.4, 0.5) is 5.69 Å². The number of hydrogen-bond donors (Lipinski definition) is 1. The Morgan fingerprint density at radius 1 is 1.12 bits per heavy atom. The third kappa shape index (κ3) is 4.31. The molecule has 3 heterocycles. The maximum absolute atomic E-state index is 13.6. The van der Waals surface area contributed by atoms with Gasteiger partial charge in [-0.1, -0.05) is 11.6 Å². The first-order chi connectivity index (χ1) is 15.3. The quantitative estimate of drug-likeness (QED) is 0.604. The highest BCUT2D eigenvalue weighted by Gasteiger charge is 2.32. The molecular weight excluding hydrogens is 450 g/mol. The van der Waals surface area contributed by atoms with Gasteiger partial charge in [-0.25, -0.2) is 17.9 Å². The Hall–Kier alpha value is -2.65. The second-order valence-electron chi connectivity index (χ2n) is 8.57. The van der Waals surface area contributed by atoms with Crippen LogP contribution in [-0.2, 0) is 10.0 Å². The van der Waals surface area contributed by atoms with E-state index in [9.17, 15) is 13.2 Å². The number of halogens is 1. The topological polar surface area (TPSA) is 96.7 Å². The fourth-order valence-electron chi connectivity index (χ4n) is 4.30. The molecule has 1 saturated carbocycles. The van der Waals surface area contributed by atoms with Gasteiger partial charge >= 0.3 is 0 Å². The van der Waals surface area contributed by atoms with E-state index in [0.717, 1.165) is 42.6 Å². The molecular formula is C22H24ClN5O3S. The largest absolute Gasteiger partial charge is 0.330 e. The highest BCUT2D eigenvalue weighted by atomic mass is 35.5. The van der Waals surface area contributed by atoms with E-state index in [1.165, 1.54) is 25.0 Å². The number of piperidine rings is 1. The van der Waals surface area contributed by atoms with Crippen molar-refractivity contribution in [3.8, 4) is 0 Å². The Kier molecular flexibility index (Phi) is 5.33. The monoisotopic (exact) mass is 473 g/mol. The molecule has 0 radical (unpaired) electrons. The van der Waals surface area contributed by atoms with Gasteiger partial charge in [0.15, 0.2) is 5.65 Å². The fraction of sp³-hybridized carbons (Fsp3) is 0.409. The smallest absolute Gasteiger partial charge is 0.256 e. The summed E-state index contributed by atoms with van der Waals surface area (Å²) in [6.07, 6.45) is 7.97. The van der Waals surface area contributed by atoms with Crippen LogP contribution in [0.1, 0.15) is 65.8 Å². The van der Waals surface area contributed by atoms with Crippen molar-refractivity contribution in [2.45, 2.75) is 44.1 Å². The summed E-state index contributed by atoms with van der Waals surface area (Å²) in [5.74, 6) is 0.279. The number of benzene rings is 1. The van der Waals surface area contributed by atoms with Crippen molar-refractivity contribution < 1.29 is 13.2 Å². The van der Waals surface area contributed by atoms with Gasteiger partial charge in [0.2, 0.25) is 10.0 Å². The Morgan fingerprint density at radius 3 is 2.69 bits per heavy atom. The third-order valence-corrected chi connectivity index (χ3v) is 6.80. The molecule has 1 N–H and O–H groups in total. The minimum atomic E-state index is -3.55. The first-order valence-corrected chi connectivity index (χ1v) is 13.0. The van der Waals surface area contributed by atoms with Crippen molar-refractivity contribution >= 4 is 38.9 Å². The Bertz CT molecular complexity index is 1300. The van der Waals surface area contributed by atoms with Gasteiger partial charge in [-0.05, 0) is 56.4 Å². The number of nitrogens with zero attached hydrogens (tertiary/aromatic N) is 4. The number of carbonyl (C=O) groups excluding carboxylic acids is 1. The highest BCUT2D eigenvalue weighted by Crippen LogP contribution is 2.39. The summed E-state index contributed by atoms with van der Waals surface area (Å²) in [6.45, 7) is 0.558. The lowest BCUT2D eigenvalue weighted by molar-refractivity contribution is 0.0607. The molecule has 10 heteroatoms. The zero-order chi connectivity index (χ0) is 22.5. The number of nitrogens with one attached hydrogen (secondary N) is 1. The van der Waals surface area contributed by atoms with Crippen LogP contribution in [0.5, 0.6) is 0 Å². The Balaban J connectivity index is 1.49. The predicted molar refractivity (Wildman–Crippen MR) is 123 cm³/mol. The highest BCUT2D eigenvalue weighted by molar-refractivity contribution is 7.92. The average molecular weight is 474 g/mol. The van der Waals surface area contributed by atoms with Crippen molar-refractivity contribution in [3.63, 3.8) is 0 Å². The van der Waals surface area contributed by atoms with Crippen molar-refractivity contribution in [1.29, 1.82) is 0 Å². The van der Waals surface area contributed by atoms with E-state index in [0.29, 0.717) is 17.5 Å². The molecule has 2 aliphatic rings. The molecule has 8 nitrogen and oxygen atoms in total. The maximum Gasteiger partial charge on any atom is 0.256 e. The molecule has 3 aromatic rings. The second-order valence-corrected chi connectivity index (χ2v) is 10.8. The third-order valence-electron chi connectivity index (χ3n) is 5.97. The van der Waals surface area contributed by atoms with Gasteiger partial charge in [0.05, 0.1) is 29.2 Å². The first kappa shape index (κ1) is 21.2. The van der Waals surface area contributed by atoms with E-state index in [2.05, 4.69) is 4.72 Å². The predicted octanol–water partition coefficient (Wildman–Crippen LogP) is 4.00. The van der Waals surface area contributed by atoms with Crippen LogP contribution in [0.3, 0.4) is 0 Å². The van der Waals surface area contributed by atoms with E-state index < -0.39 is 10.0 Å². The number of likely N-dealkylation sites (tertiary alicyclic amines) is 1. The van der Waals surface area contributed by atoms with Gasteiger partial charge in [0.1, 0.15) is 0 Å². The van der Waals surface area contributed by atoms with Crippen molar-refractivity contribution in [2.24, 2.45) is 0 Å². The molecule has 32 heavy (non-hydrogen) atoms. The normalized spacial score (nSPS) is 19.3. The number of hydrogen-bond acceptors (Lipinski definition) is 5. The molecule has 1 amide bonds. The lowest BCUT2D eigenvalue weighted by atomic mass is 9.98. The second kappa shape index (κ2) is 8.04. The van der Waals surface area contributed by atoms with E-state index in [1.807, 2.05) is 18.3 Å². The van der Waals surface area contributed by atoms with Gasteiger partial charge in [-0.3, -0.25) is 9.52 Å². The molecule has 5 rings (SSSR count). The summed E-state index contributed by atoms with van der Waals surface area (Å²) in [5, 5.41) is 5.07. The lowest BCUT2D eigenvalue weighted by Crippen LogP contribution is -2.39. The molecule has 0 spiro atoms. The summed E-state index contributed by atoms with van der Waals surface area (Å²) in [5.41, 5.74) is 3.11. The number of aromatic nitrogens is 3. The zero-order valence-electron chi connectivity index (χ0n) is 17.7. The maximum atomic E-state index is 13.6. The summed E-state index contributed by atoms with van der Waals surface area (Å²) < 4.78 is 27.8. The van der Waals surface area contributed by atoms with Crippen LogP contribution in [0.25, 0.3) is 5.65 Å². The van der Waals surface area contributed by atoms with Crippen LogP contribution in [-0.4, -0.2) is 46.6 Å². The molecule has 1 aliphatic carbocycles. The minimum absolute atomic E-state index is 0.215. The van der Waals surface area contributed by atoms with Gasteiger partial charge in [0, 0.05) is 35.4 Å². The van der Waals surface area contributed by atoms with E-state index in [4.69, 9.17) is 21.7 Å². The number of sulfonamides is 1. The van der Waals surface area contributed by atoms with Gasteiger partial charge in [-0.15, -0.1) is 0 Å². The van der Waals surface area contributed by atoms with Crippen LogP contribution in [0, 0.1) is 0 Å². The summed E-state index contributed by atoms with van der Waals surface area (Å²) in [7, 11) is -3.55. The summed E-state index contributed by atoms with van der Waals surface area (Å²) >= 11 is 6.15. The number of anilines is 1. The van der Waals surface area contributed by atoms with Crippen LogP contribution < -0.4 is 4.72 Å². The van der Waals surface area contributed by atoms with E-state index >= 15 is 0 Å². The molecule has 0 unspecified atom stereocenters. The molecule has 0 bridgehead atoms. The van der Waals surface area contributed by atoms with E-state index in [-0.39, 0.29) is 23.2 Å². The molecule has 2 aromatic heterocycles. The standard InChI is InChI=1S/C22H24ClN5O3S/c1-32(30,31)26-18-8-7-15(23)12-16(18)22(29)27-10-3-2-4-20(27)19-13-21-24-17(14-5-6-14)9-11-28(21)25-19/h7-9,11-14,20,26H,2-6,10H2,1H3/t20-/m0/s1. The fourth-order valence-corrected chi connectivity index (χ4v) is 5.05. The van der Waals surface area contributed by atoms with Gasteiger partial charge in [-0.2, -0.15) is 5.10 Å². The van der Waals surface area contributed by atoms with Crippen LogP contribution in [0.15, 0.2) is 36.5 Å². The van der Waals surface area contributed by atoms with E-state index in [1.54, 1.807) is 15.5 Å². The number of amides is 1. The minimum Gasteiger partial charge on any atom is -0.330 e. The SMILES string of the molecule is CS(=O)(=O)Nc1ccc(Cl)cc1C(=O)N1CCCC[C@H]1c1cc2nc(C3CC3)ccn2n1. The van der Waals surface area contributed by atoms with Gasteiger partial charge in [0.25, 0.3) is 5.91 Å². The average Bonchev–Trinajstić information content (AvgIpc) is 3.52. The zero-order valence-corrected chi connectivity index (χ0v) is 19.2. The molecule has 1 aromatic carbocycles. The number of carbonyl (C=O) groups is 1. The van der Waals surface area contributed by atoms with Gasteiger partial charge < -0.3 is 4.90 Å². The number of rotatable bonds is 5. The Labute approximate surface area is 191 Å². The first-order valence-electron chi connectivity index (χ1n) is 10.7. The molecule has 1 aliphatic heterocycles. The Morgan fingerprint density at radius 2 is 1.94 bits per heavy atom. The molecule has 2 fully saturated rings. The van der Waals surface area contributed by atoms with Crippen molar-refractivity contribution in [3.05, 3.63) is 58.5 Å². The molecule has 168 valence electrons. The van der Waals surface area contributed by atoms with Crippen LogP contribution >= 0.6 is 11.6 Å². The lowest BCUT2D eigenvalue weighted by Gasteiger charge is -2.35. The van der Waals surface area contributed by atoms with Crippen molar-refractivity contribution in [1.82, 2.24) is 19.5 Å². The summed E-state index contributed by atoms with van der Waals surface area (Å²) in [6, 6.07) is 8.34. The summed E-state index contributed by atoms with van der Waals surface area (Å²) in [4.78, 5) is 20.1. The van der Waals surface area contributed by atoms with Crippen LogP contribution in [0.2, 0.25) is 5.02 Å². The molecule has 1 saturated heterocycles. The molecule has 1 atom stereocenters. The van der Waals surface area contributed by atoms with Crippen molar-refractivity contribution in [2.75, 3.05) is 17.5 Å².